The SMILES string of the molecule is CC(C)(C)OC(=O)Nc1cccc(Oc2cccc(C3O[C@@H]4C[C@H]5[C@@H]6CCC7=CC(=O)C=C[C@]7(C)[C@H]6[C@@H](O)C[C@]5(C)[C@]4(C(=O)CO)O3)c2)c1. The number of nitrogens with one attached hydrogen (secondary N) is 1. The van der Waals surface area contributed by atoms with Crippen LogP contribution in [-0.4, -0.2) is 57.9 Å². The molecule has 260 valence electrons. The molecule has 1 heterocycles. The molecule has 5 aliphatic rings. The number of aliphatic hydroxyl groups is 2. The number of aliphatic hydroxyl groups excluding tert-OH is 2. The van der Waals surface area contributed by atoms with Gasteiger partial charge in [-0.15, -0.1) is 0 Å². The van der Waals surface area contributed by atoms with Crippen LogP contribution < -0.4 is 10.1 Å². The summed E-state index contributed by atoms with van der Waals surface area (Å²) in [5.74, 6) is 0.488. The number of fused-ring (bicyclic) bond motifs is 7. The van der Waals surface area contributed by atoms with E-state index >= 15 is 0 Å². The third-order valence-corrected chi connectivity index (χ3v) is 11.6. The number of allylic oxidation sites excluding steroid dienone is 4. The van der Waals surface area contributed by atoms with Crippen molar-refractivity contribution in [2.24, 2.45) is 28.6 Å². The Kier molecular flexibility index (Phi) is 8.17. The average molecular weight is 672 g/mol. The van der Waals surface area contributed by atoms with E-state index in [2.05, 4.69) is 12.2 Å². The van der Waals surface area contributed by atoms with Gasteiger partial charge < -0.3 is 29.2 Å². The first kappa shape index (κ1) is 33.7. The Morgan fingerprint density at radius 1 is 1.08 bits per heavy atom. The summed E-state index contributed by atoms with van der Waals surface area (Å²) in [7, 11) is 0. The second-order valence-electron chi connectivity index (χ2n) is 15.7. The van der Waals surface area contributed by atoms with Crippen molar-refractivity contribution >= 4 is 23.3 Å². The number of carbonyl (C=O) groups excluding carboxylic acids is 3. The number of hydrogen-bond acceptors (Lipinski definition) is 9. The van der Waals surface area contributed by atoms with Gasteiger partial charge in [-0.25, -0.2) is 4.79 Å². The van der Waals surface area contributed by atoms with Gasteiger partial charge in [-0.05, 0) is 94.7 Å². The molecular formula is C39H45NO9. The zero-order valence-electron chi connectivity index (χ0n) is 28.6. The first-order valence-corrected chi connectivity index (χ1v) is 17.1. The summed E-state index contributed by atoms with van der Waals surface area (Å²) in [6.07, 6.45) is 4.85. The summed E-state index contributed by atoms with van der Waals surface area (Å²) in [6.45, 7) is 8.80. The lowest BCUT2D eigenvalue weighted by atomic mass is 9.46. The van der Waals surface area contributed by atoms with Crippen LogP contribution in [0.3, 0.4) is 0 Å². The number of rotatable bonds is 6. The highest BCUT2D eigenvalue weighted by molar-refractivity contribution is 6.01. The van der Waals surface area contributed by atoms with Gasteiger partial charge >= 0.3 is 6.09 Å². The van der Waals surface area contributed by atoms with Gasteiger partial charge in [0.15, 0.2) is 23.5 Å². The normalized spacial score (nSPS) is 36.1. The summed E-state index contributed by atoms with van der Waals surface area (Å²) in [6, 6.07) is 14.2. The molecule has 0 radical (unpaired) electrons. The Bertz CT molecular complexity index is 1740. The molecule has 0 spiro atoms. The predicted molar refractivity (Wildman–Crippen MR) is 180 cm³/mol. The van der Waals surface area contributed by atoms with Crippen molar-refractivity contribution in [2.45, 2.75) is 90.0 Å². The number of amides is 1. The highest BCUT2D eigenvalue weighted by Gasteiger charge is 2.75. The molecule has 2 aromatic carbocycles. The molecule has 9 atom stereocenters. The van der Waals surface area contributed by atoms with E-state index < -0.39 is 59.0 Å². The van der Waals surface area contributed by atoms with Crippen LogP contribution in [0.1, 0.15) is 72.2 Å². The lowest BCUT2D eigenvalue weighted by Gasteiger charge is -2.59. The summed E-state index contributed by atoms with van der Waals surface area (Å²) in [5.41, 5.74) is -1.11. The molecule has 1 aliphatic heterocycles. The van der Waals surface area contributed by atoms with Crippen molar-refractivity contribution in [3.63, 3.8) is 0 Å². The van der Waals surface area contributed by atoms with Gasteiger partial charge in [0.05, 0.1) is 12.2 Å². The maximum absolute atomic E-state index is 13.9. The summed E-state index contributed by atoms with van der Waals surface area (Å²) in [4.78, 5) is 38.4. The van der Waals surface area contributed by atoms with Crippen LogP contribution in [0.15, 0.2) is 72.3 Å². The second-order valence-corrected chi connectivity index (χ2v) is 15.7. The fraction of sp³-hybridized carbons (Fsp3) is 0.513. The van der Waals surface area contributed by atoms with Crippen molar-refractivity contribution in [3.05, 3.63) is 77.9 Å². The van der Waals surface area contributed by atoms with Crippen LogP contribution in [0.25, 0.3) is 0 Å². The number of ether oxygens (including phenoxy) is 4. The number of hydrogen-bond donors (Lipinski definition) is 3. The molecule has 0 bridgehead atoms. The monoisotopic (exact) mass is 671 g/mol. The molecule has 3 N–H and O–H groups in total. The molecule has 49 heavy (non-hydrogen) atoms. The zero-order chi connectivity index (χ0) is 34.9. The van der Waals surface area contributed by atoms with Crippen LogP contribution >= 0.6 is 0 Å². The molecule has 3 saturated carbocycles. The van der Waals surface area contributed by atoms with Crippen LogP contribution in [0.5, 0.6) is 11.5 Å². The molecule has 4 fully saturated rings. The van der Waals surface area contributed by atoms with Gasteiger partial charge in [0.2, 0.25) is 0 Å². The molecule has 0 aromatic heterocycles. The van der Waals surface area contributed by atoms with Crippen molar-refractivity contribution in [2.75, 3.05) is 11.9 Å². The van der Waals surface area contributed by atoms with Gasteiger partial charge in [0, 0.05) is 34.1 Å². The Morgan fingerprint density at radius 2 is 1.82 bits per heavy atom. The third-order valence-electron chi connectivity index (χ3n) is 11.6. The Hall–Kier alpha value is -3.83. The number of carbonyl (C=O) groups is 3. The third kappa shape index (κ3) is 5.53. The maximum Gasteiger partial charge on any atom is 0.412 e. The van der Waals surface area contributed by atoms with E-state index in [1.165, 1.54) is 0 Å². The molecule has 1 amide bonds. The molecule has 1 saturated heterocycles. The number of Topliss-reactive ketones (excluding diaryl/α,β-unsaturated/α-hetero) is 1. The van der Waals surface area contributed by atoms with E-state index in [0.717, 1.165) is 18.4 Å². The first-order valence-electron chi connectivity index (χ1n) is 17.1. The number of anilines is 1. The molecule has 7 rings (SSSR count). The molecule has 10 nitrogen and oxygen atoms in total. The molecule has 2 aromatic rings. The molecule has 4 aliphatic carbocycles. The smallest absolute Gasteiger partial charge is 0.412 e. The van der Waals surface area contributed by atoms with E-state index in [1.807, 2.05) is 25.1 Å². The standard InChI is InChI=1S/C39H45NO9/c1-36(2,3)49-35(45)40-24-9-7-11-27(18-24)46-26-10-6-8-22(16-26)34-47-32-19-29-28-13-12-23-17-25(42)14-15-37(23,4)33(28)30(43)20-38(29,5)39(32,48-34)31(44)21-41/h6-11,14-18,28-30,32-34,41,43H,12-13,19-21H2,1-5H3,(H,40,45)/t28-,29-,30-,32+,33+,34?,37-,38-,39+/m0/s1. The quantitative estimate of drug-likeness (QED) is 0.317. The predicted octanol–water partition coefficient (Wildman–Crippen LogP) is 6.43. The van der Waals surface area contributed by atoms with Crippen molar-refractivity contribution < 1.29 is 43.5 Å². The van der Waals surface area contributed by atoms with Crippen LogP contribution in [0.4, 0.5) is 10.5 Å². The van der Waals surface area contributed by atoms with E-state index in [0.29, 0.717) is 35.6 Å². The van der Waals surface area contributed by atoms with Crippen molar-refractivity contribution in [3.8, 4) is 11.5 Å². The second kappa shape index (κ2) is 11.9. The van der Waals surface area contributed by atoms with Crippen LogP contribution in [0, 0.1) is 28.6 Å². The van der Waals surface area contributed by atoms with Gasteiger partial charge in [-0.1, -0.05) is 43.7 Å². The largest absolute Gasteiger partial charge is 0.457 e. The van der Waals surface area contributed by atoms with Gasteiger partial charge in [-0.3, -0.25) is 14.9 Å². The molecule has 10 heteroatoms. The maximum atomic E-state index is 13.9. The fourth-order valence-electron chi connectivity index (χ4n) is 9.75. The number of ketones is 2. The first-order chi connectivity index (χ1) is 23.2. The minimum atomic E-state index is -1.45. The van der Waals surface area contributed by atoms with Crippen LogP contribution in [0.2, 0.25) is 0 Å². The summed E-state index contributed by atoms with van der Waals surface area (Å²) < 4.78 is 24.8. The van der Waals surface area contributed by atoms with Crippen molar-refractivity contribution in [1.29, 1.82) is 0 Å². The van der Waals surface area contributed by atoms with Gasteiger partial charge in [0.25, 0.3) is 0 Å². The Labute approximate surface area is 286 Å². The lowest BCUT2D eigenvalue weighted by Crippen LogP contribution is -2.63. The highest BCUT2D eigenvalue weighted by Crippen LogP contribution is 2.70. The van der Waals surface area contributed by atoms with Crippen molar-refractivity contribution in [1.82, 2.24) is 0 Å². The lowest BCUT2D eigenvalue weighted by molar-refractivity contribution is -0.201. The van der Waals surface area contributed by atoms with E-state index in [-0.39, 0.29) is 23.5 Å². The fourth-order valence-corrected chi connectivity index (χ4v) is 9.75. The van der Waals surface area contributed by atoms with E-state index in [4.69, 9.17) is 18.9 Å². The van der Waals surface area contributed by atoms with Crippen LogP contribution in [-0.2, 0) is 23.8 Å². The number of benzene rings is 2. The average Bonchev–Trinajstić information content (AvgIpc) is 3.53. The summed E-state index contributed by atoms with van der Waals surface area (Å²) >= 11 is 0. The summed E-state index contributed by atoms with van der Waals surface area (Å²) in [5, 5.41) is 24.9. The minimum Gasteiger partial charge on any atom is -0.457 e. The zero-order valence-corrected chi connectivity index (χ0v) is 28.6. The van der Waals surface area contributed by atoms with Gasteiger partial charge in [0.1, 0.15) is 23.7 Å². The molecular weight excluding hydrogens is 626 g/mol. The topological polar surface area (TPSA) is 141 Å². The Balaban J connectivity index is 1.13. The highest BCUT2D eigenvalue weighted by atomic mass is 16.7. The molecule has 1 unspecified atom stereocenters. The van der Waals surface area contributed by atoms with Gasteiger partial charge in [-0.2, -0.15) is 0 Å². The van der Waals surface area contributed by atoms with E-state index in [1.54, 1.807) is 69.3 Å². The van der Waals surface area contributed by atoms with E-state index in [9.17, 15) is 24.6 Å². The minimum absolute atomic E-state index is 0.00277. The Morgan fingerprint density at radius 3 is 2.55 bits per heavy atom.